The van der Waals surface area contributed by atoms with E-state index in [4.69, 9.17) is 0 Å². The Balaban J connectivity index is 1.86. The zero-order chi connectivity index (χ0) is 15.2. The Morgan fingerprint density at radius 1 is 1.29 bits per heavy atom. The summed E-state index contributed by atoms with van der Waals surface area (Å²) >= 11 is 1.73. The number of hydrogen-bond donors (Lipinski definition) is 1. The molecule has 0 heterocycles. The van der Waals surface area contributed by atoms with Crippen LogP contribution < -0.4 is 5.32 Å². The van der Waals surface area contributed by atoms with Crippen LogP contribution in [0, 0.1) is 5.92 Å². The molecule has 0 aliphatic heterocycles. The van der Waals surface area contributed by atoms with Crippen LogP contribution in [0.4, 0.5) is 4.79 Å². The fourth-order valence-electron chi connectivity index (χ4n) is 2.88. The number of hydrogen-bond acceptors (Lipinski definition) is 2. The van der Waals surface area contributed by atoms with E-state index in [1.165, 1.54) is 29.7 Å². The van der Waals surface area contributed by atoms with Crippen LogP contribution in [0.5, 0.6) is 0 Å². The molecule has 21 heavy (non-hydrogen) atoms. The van der Waals surface area contributed by atoms with Crippen LogP contribution in [0.2, 0.25) is 0 Å². The van der Waals surface area contributed by atoms with Crippen LogP contribution in [0.3, 0.4) is 0 Å². The van der Waals surface area contributed by atoms with Gasteiger partial charge >= 0.3 is 6.03 Å². The van der Waals surface area contributed by atoms with Gasteiger partial charge in [-0.1, -0.05) is 31.9 Å². The fraction of sp³-hybridized carbons (Fsp3) is 0.588. The molecular weight excluding hydrogens is 280 g/mol. The Morgan fingerprint density at radius 3 is 2.57 bits per heavy atom. The van der Waals surface area contributed by atoms with Crippen molar-refractivity contribution in [2.45, 2.75) is 50.1 Å². The lowest BCUT2D eigenvalue weighted by Crippen LogP contribution is -2.46. The second-order valence-corrected chi connectivity index (χ2v) is 6.90. The van der Waals surface area contributed by atoms with Gasteiger partial charge in [-0.15, -0.1) is 11.8 Å². The van der Waals surface area contributed by atoms with Crippen molar-refractivity contribution in [3.8, 4) is 0 Å². The van der Waals surface area contributed by atoms with Crippen molar-refractivity contribution in [3.63, 3.8) is 0 Å². The number of rotatable bonds is 4. The highest BCUT2D eigenvalue weighted by Gasteiger charge is 2.23. The van der Waals surface area contributed by atoms with Gasteiger partial charge in [0.05, 0.1) is 0 Å². The van der Waals surface area contributed by atoms with Crippen molar-refractivity contribution in [2.24, 2.45) is 5.92 Å². The summed E-state index contributed by atoms with van der Waals surface area (Å²) in [4.78, 5) is 15.3. The second kappa shape index (κ2) is 7.74. The van der Waals surface area contributed by atoms with Crippen LogP contribution in [0.15, 0.2) is 29.2 Å². The van der Waals surface area contributed by atoms with Gasteiger partial charge in [-0.3, -0.25) is 0 Å². The third-order valence-electron chi connectivity index (χ3n) is 4.35. The lowest BCUT2D eigenvalue weighted by Gasteiger charge is -2.31. The number of carbonyl (C=O) groups excluding carboxylic acids is 1. The van der Waals surface area contributed by atoms with Gasteiger partial charge < -0.3 is 10.2 Å². The lowest BCUT2D eigenvalue weighted by atomic mass is 9.86. The zero-order valence-corrected chi connectivity index (χ0v) is 14.1. The number of urea groups is 1. The molecule has 2 unspecified atom stereocenters. The zero-order valence-electron chi connectivity index (χ0n) is 13.3. The molecule has 1 aromatic rings. The van der Waals surface area contributed by atoms with Crippen LogP contribution >= 0.6 is 11.8 Å². The molecule has 116 valence electrons. The molecule has 0 bridgehead atoms. The molecule has 0 saturated heterocycles. The molecule has 2 amide bonds. The quantitative estimate of drug-likeness (QED) is 0.848. The van der Waals surface area contributed by atoms with E-state index in [0.717, 1.165) is 6.42 Å². The van der Waals surface area contributed by atoms with Gasteiger partial charge in [0.15, 0.2) is 0 Å². The predicted molar refractivity (Wildman–Crippen MR) is 89.6 cm³/mol. The van der Waals surface area contributed by atoms with Gasteiger partial charge in [0, 0.05) is 24.5 Å². The maximum absolute atomic E-state index is 12.3. The van der Waals surface area contributed by atoms with Crippen molar-refractivity contribution in [1.29, 1.82) is 0 Å². The van der Waals surface area contributed by atoms with E-state index >= 15 is 0 Å². The summed E-state index contributed by atoms with van der Waals surface area (Å²) in [5.41, 5.74) is 1.17. The minimum atomic E-state index is 0.0442. The molecule has 1 saturated carbocycles. The van der Waals surface area contributed by atoms with Gasteiger partial charge in [0.2, 0.25) is 0 Å². The Hall–Kier alpha value is -1.16. The van der Waals surface area contributed by atoms with E-state index in [0.29, 0.717) is 18.5 Å². The van der Waals surface area contributed by atoms with Crippen molar-refractivity contribution >= 4 is 17.8 Å². The summed E-state index contributed by atoms with van der Waals surface area (Å²) in [6, 6.07) is 8.79. The van der Waals surface area contributed by atoms with Gasteiger partial charge in [-0.25, -0.2) is 4.79 Å². The maximum Gasteiger partial charge on any atom is 0.317 e. The molecule has 1 aromatic carbocycles. The highest BCUT2D eigenvalue weighted by molar-refractivity contribution is 7.98. The first kappa shape index (κ1) is 16.2. The Bertz CT molecular complexity index is 460. The normalized spacial score (nSPS) is 21.9. The fourth-order valence-corrected chi connectivity index (χ4v) is 3.28. The molecule has 2 rings (SSSR count). The molecule has 0 aromatic heterocycles. The molecule has 1 N–H and O–H groups in total. The van der Waals surface area contributed by atoms with Crippen molar-refractivity contribution < 1.29 is 4.79 Å². The first-order chi connectivity index (χ1) is 10.1. The topological polar surface area (TPSA) is 32.3 Å². The first-order valence-corrected chi connectivity index (χ1v) is 8.97. The van der Waals surface area contributed by atoms with E-state index in [-0.39, 0.29) is 6.03 Å². The van der Waals surface area contributed by atoms with E-state index in [2.05, 4.69) is 42.8 Å². The van der Waals surface area contributed by atoms with E-state index < -0.39 is 0 Å². The molecule has 1 aliphatic carbocycles. The summed E-state index contributed by atoms with van der Waals surface area (Å²) in [5, 5.41) is 3.19. The molecule has 1 fully saturated rings. The molecule has 2 atom stereocenters. The molecule has 4 heteroatoms. The molecule has 1 aliphatic rings. The van der Waals surface area contributed by atoms with Gasteiger partial charge in [0.1, 0.15) is 0 Å². The second-order valence-electron chi connectivity index (χ2n) is 6.02. The SMILES string of the molecule is CSc1ccc(CN(C)C(=O)NC2CCCCC2C)cc1. The molecule has 0 spiro atoms. The summed E-state index contributed by atoms with van der Waals surface area (Å²) in [6.45, 7) is 2.90. The Labute approximate surface area is 132 Å². The predicted octanol–water partition coefficient (Wildman–Crippen LogP) is 4.13. The highest BCUT2D eigenvalue weighted by Crippen LogP contribution is 2.24. The smallest absolute Gasteiger partial charge is 0.317 e. The summed E-state index contributed by atoms with van der Waals surface area (Å²) in [6.07, 6.45) is 6.94. The average Bonchev–Trinajstić information content (AvgIpc) is 2.50. The lowest BCUT2D eigenvalue weighted by molar-refractivity contribution is 0.190. The van der Waals surface area contributed by atoms with E-state index in [1.807, 2.05) is 7.05 Å². The number of nitrogens with zero attached hydrogens (tertiary/aromatic N) is 1. The standard InChI is InChI=1S/C17H26N2OS/c1-13-6-4-5-7-16(13)18-17(20)19(2)12-14-8-10-15(21-3)11-9-14/h8-11,13,16H,4-7,12H2,1-3H3,(H,18,20). The van der Waals surface area contributed by atoms with Crippen LogP contribution in [0.1, 0.15) is 38.2 Å². The average molecular weight is 306 g/mol. The minimum Gasteiger partial charge on any atom is -0.335 e. The van der Waals surface area contributed by atoms with E-state index in [1.54, 1.807) is 16.7 Å². The number of thioether (sulfide) groups is 1. The molecule has 0 radical (unpaired) electrons. The summed E-state index contributed by atoms with van der Waals surface area (Å²) < 4.78 is 0. The summed E-state index contributed by atoms with van der Waals surface area (Å²) in [7, 11) is 1.87. The Morgan fingerprint density at radius 2 is 1.95 bits per heavy atom. The number of carbonyl (C=O) groups is 1. The van der Waals surface area contributed by atoms with Crippen molar-refractivity contribution in [3.05, 3.63) is 29.8 Å². The highest BCUT2D eigenvalue weighted by atomic mass is 32.2. The van der Waals surface area contributed by atoms with Gasteiger partial charge in [-0.05, 0) is 42.7 Å². The Kier molecular flexibility index (Phi) is 5.97. The van der Waals surface area contributed by atoms with Gasteiger partial charge in [0.25, 0.3) is 0 Å². The number of nitrogens with one attached hydrogen (secondary N) is 1. The summed E-state index contributed by atoms with van der Waals surface area (Å²) in [5.74, 6) is 0.594. The van der Waals surface area contributed by atoms with Crippen LogP contribution in [0.25, 0.3) is 0 Å². The maximum atomic E-state index is 12.3. The van der Waals surface area contributed by atoms with Crippen LogP contribution in [-0.4, -0.2) is 30.3 Å². The van der Waals surface area contributed by atoms with Gasteiger partial charge in [-0.2, -0.15) is 0 Å². The number of benzene rings is 1. The monoisotopic (exact) mass is 306 g/mol. The van der Waals surface area contributed by atoms with Crippen LogP contribution in [-0.2, 0) is 6.54 Å². The number of amides is 2. The first-order valence-electron chi connectivity index (χ1n) is 7.74. The minimum absolute atomic E-state index is 0.0442. The molecule has 3 nitrogen and oxygen atoms in total. The van der Waals surface area contributed by atoms with E-state index in [9.17, 15) is 4.79 Å². The van der Waals surface area contributed by atoms with Crippen molar-refractivity contribution in [2.75, 3.05) is 13.3 Å². The van der Waals surface area contributed by atoms with Crippen molar-refractivity contribution in [1.82, 2.24) is 10.2 Å². The largest absolute Gasteiger partial charge is 0.335 e. The third-order valence-corrected chi connectivity index (χ3v) is 5.09. The molecular formula is C17H26N2OS. The third kappa shape index (κ3) is 4.67.